The summed E-state index contributed by atoms with van der Waals surface area (Å²) in [6.45, 7) is 1.71. The van der Waals surface area contributed by atoms with Crippen LogP contribution in [0.3, 0.4) is 0 Å². The number of rotatable bonds is 5. The number of carbonyl (C=O) groups excluding carboxylic acids is 1. The van der Waals surface area contributed by atoms with Gasteiger partial charge in [-0.05, 0) is 61.5 Å². The number of hydrogen-bond donors (Lipinski definition) is 1. The van der Waals surface area contributed by atoms with Crippen LogP contribution in [0.4, 0.5) is 10.1 Å². The van der Waals surface area contributed by atoms with E-state index in [1.165, 1.54) is 18.3 Å². The minimum Gasteiger partial charge on any atom is -0.455 e. The number of nitrogens with zero attached hydrogens (tertiary/aromatic N) is 2. The van der Waals surface area contributed by atoms with Gasteiger partial charge >= 0.3 is 0 Å². The molecule has 0 saturated heterocycles. The van der Waals surface area contributed by atoms with Gasteiger partial charge in [0, 0.05) is 16.8 Å². The van der Waals surface area contributed by atoms with Gasteiger partial charge in [0.2, 0.25) is 0 Å². The molecule has 7 heteroatoms. The minimum atomic E-state index is -0.400. The molecule has 0 saturated carbocycles. The Morgan fingerprint density at radius 2 is 1.77 bits per heavy atom. The highest BCUT2D eigenvalue weighted by atomic mass is 35.5. The van der Waals surface area contributed by atoms with Crippen molar-refractivity contribution in [3.8, 4) is 22.9 Å². The fraction of sp³-hybridized carbons (Fsp3) is 0.0417. The maximum absolute atomic E-state index is 13.1. The molecule has 4 rings (SSSR count). The third-order valence-corrected chi connectivity index (χ3v) is 4.72. The second kappa shape index (κ2) is 8.93. The van der Waals surface area contributed by atoms with Gasteiger partial charge in [-0.2, -0.15) is 0 Å². The van der Waals surface area contributed by atoms with Crippen molar-refractivity contribution < 1.29 is 13.9 Å². The molecule has 0 fully saturated rings. The van der Waals surface area contributed by atoms with Gasteiger partial charge in [-0.1, -0.05) is 29.8 Å². The zero-order valence-electron chi connectivity index (χ0n) is 16.5. The fourth-order valence-corrected chi connectivity index (χ4v) is 3.09. The molecule has 5 nitrogen and oxygen atoms in total. The summed E-state index contributed by atoms with van der Waals surface area (Å²) < 4.78 is 19.0. The summed E-state index contributed by atoms with van der Waals surface area (Å²) in [6.07, 6.45) is 1.44. The maximum Gasteiger partial charge on any atom is 0.259 e. The molecular formula is C24H17ClFN3O2. The Balaban J connectivity index is 1.58. The van der Waals surface area contributed by atoms with Gasteiger partial charge in [0.05, 0.1) is 16.9 Å². The molecule has 154 valence electrons. The van der Waals surface area contributed by atoms with Crippen LogP contribution in [0.2, 0.25) is 5.02 Å². The molecule has 4 aromatic rings. The molecule has 3 aromatic carbocycles. The topological polar surface area (TPSA) is 64.1 Å². The summed E-state index contributed by atoms with van der Waals surface area (Å²) in [6, 6.07) is 20.0. The van der Waals surface area contributed by atoms with E-state index < -0.39 is 5.91 Å². The Bertz CT molecular complexity index is 1230. The van der Waals surface area contributed by atoms with Crippen molar-refractivity contribution in [3.63, 3.8) is 0 Å². The molecule has 0 radical (unpaired) electrons. The van der Waals surface area contributed by atoms with Crippen LogP contribution in [-0.2, 0) is 0 Å². The molecule has 0 aliphatic heterocycles. The highest BCUT2D eigenvalue weighted by molar-refractivity contribution is 6.31. The van der Waals surface area contributed by atoms with Crippen molar-refractivity contribution in [1.29, 1.82) is 0 Å². The summed E-state index contributed by atoms with van der Waals surface area (Å²) in [5.74, 6) is 0.744. The van der Waals surface area contributed by atoms with E-state index in [4.69, 9.17) is 16.3 Å². The third-order valence-electron chi connectivity index (χ3n) is 4.49. The van der Waals surface area contributed by atoms with E-state index in [0.717, 1.165) is 0 Å². The summed E-state index contributed by atoms with van der Waals surface area (Å²) in [7, 11) is 0. The molecule has 1 amide bonds. The van der Waals surface area contributed by atoms with E-state index in [1.807, 2.05) is 30.3 Å². The van der Waals surface area contributed by atoms with Crippen LogP contribution in [0, 0.1) is 12.7 Å². The van der Waals surface area contributed by atoms with Crippen LogP contribution in [0.15, 0.2) is 79.0 Å². The number of ether oxygens (including phenoxy) is 1. The van der Waals surface area contributed by atoms with Crippen molar-refractivity contribution in [1.82, 2.24) is 9.97 Å². The summed E-state index contributed by atoms with van der Waals surface area (Å²) >= 11 is 6.12. The lowest BCUT2D eigenvalue weighted by Gasteiger charge is -2.13. The van der Waals surface area contributed by atoms with Gasteiger partial charge in [0.25, 0.3) is 5.91 Å². The molecular weight excluding hydrogens is 417 g/mol. The second-order valence-electron chi connectivity index (χ2n) is 6.71. The quantitative estimate of drug-likeness (QED) is 0.401. The summed E-state index contributed by atoms with van der Waals surface area (Å²) in [5, 5.41) is 3.27. The number of para-hydroxylation sites is 1. The first kappa shape index (κ1) is 20.5. The largest absolute Gasteiger partial charge is 0.455 e. The van der Waals surface area contributed by atoms with Crippen molar-refractivity contribution >= 4 is 23.2 Å². The van der Waals surface area contributed by atoms with Crippen LogP contribution in [0.1, 0.15) is 16.1 Å². The Labute approximate surface area is 183 Å². The molecule has 0 bridgehead atoms. The predicted octanol–water partition coefficient (Wildman–Crippen LogP) is 6.29. The van der Waals surface area contributed by atoms with Gasteiger partial charge < -0.3 is 10.1 Å². The smallest absolute Gasteiger partial charge is 0.259 e. The first-order chi connectivity index (χ1) is 15.0. The number of aromatic nitrogens is 2. The monoisotopic (exact) mass is 433 g/mol. The first-order valence-corrected chi connectivity index (χ1v) is 9.81. The number of halogens is 2. The lowest BCUT2D eigenvalue weighted by molar-refractivity contribution is 0.102. The molecule has 31 heavy (non-hydrogen) atoms. The molecule has 0 spiro atoms. The number of benzene rings is 3. The average Bonchev–Trinajstić information content (AvgIpc) is 2.77. The number of amides is 1. The average molecular weight is 434 g/mol. The Morgan fingerprint density at radius 3 is 2.48 bits per heavy atom. The van der Waals surface area contributed by atoms with Gasteiger partial charge in [-0.3, -0.25) is 4.79 Å². The zero-order chi connectivity index (χ0) is 21.8. The predicted molar refractivity (Wildman–Crippen MR) is 118 cm³/mol. The van der Waals surface area contributed by atoms with Gasteiger partial charge in [-0.15, -0.1) is 0 Å². The number of nitrogens with one attached hydrogen (secondary N) is 1. The molecule has 0 aliphatic rings. The highest BCUT2D eigenvalue weighted by Crippen LogP contribution is 2.32. The van der Waals surface area contributed by atoms with E-state index in [1.54, 1.807) is 37.3 Å². The number of hydrogen-bond acceptors (Lipinski definition) is 4. The number of carbonyl (C=O) groups is 1. The molecule has 0 atom stereocenters. The Morgan fingerprint density at radius 1 is 1.03 bits per heavy atom. The lowest BCUT2D eigenvalue weighted by Crippen LogP contribution is -2.15. The molecule has 0 aliphatic carbocycles. The maximum atomic E-state index is 13.1. The molecule has 1 N–H and O–H groups in total. The van der Waals surface area contributed by atoms with Crippen molar-refractivity contribution in [2.75, 3.05) is 5.32 Å². The normalized spacial score (nSPS) is 10.5. The standard InChI is InChI=1S/C24H17ClFN3O2/c1-15-20(14-27-23(28-15)16-7-10-18(26)11-8-16)24(30)29-21-13-17(25)9-12-22(21)31-19-5-3-2-4-6-19/h2-14H,1H3,(H,29,30). The highest BCUT2D eigenvalue weighted by Gasteiger charge is 2.16. The van der Waals surface area contributed by atoms with Crippen molar-refractivity contribution in [3.05, 3.63) is 101 Å². The summed E-state index contributed by atoms with van der Waals surface area (Å²) in [4.78, 5) is 21.6. The molecule has 1 heterocycles. The van der Waals surface area contributed by atoms with Gasteiger partial charge in [0.1, 0.15) is 11.6 Å². The van der Waals surface area contributed by atoms with E-state index >= 15 is 0 Å². The Hall–Kier alpha value is -3.77. The second-order valence-corrected chi connectivity index (χ2v) is 7.15. The molecule has 0 unspecified atom stereocenters. The zero-order valence-corrected chi connectivity index (χ0v) is 17.2. The van der Waals surface area contributed by atoms with Crippen molar-refractivity contribution in [2.24, 2.45) is 0 Å². The lowest BCUT2D eigenvalue weighted by atomic mass is 10.1. The van der Waals surface area contributed by atoms with E-state index in [9.17, 15) is 9.18 Å². The van der Waals surface area contributed by atoms with Crippen LogP contribution in [0.25, 0.3) is 11.4 Å². The van der Waals surface area contributed by atoms with Crippen molar-refractivity contribution in [2.45, 2.75) is 6.92 Å². The van der Waals surface area contributed by atoms with Crippen LogP contribution >= 0.6 is 11.6 Å². The SMILES string of the molecule is Cc1nc(-c2ccc(F)cc2)ncc1C(=O)Nc1cc(Cl)ccc1Oc1ccccc1. The van der Waals surface area contributed by atoms with E-state index in [2.05, 4.69) is 15.3 Å². The van der Waals surface area contributed by atoms with Gasteiger partial charge in [0.15, 0.2) is 11.6 Å². The van der Waals surface area contributed by atoms with Crippen LogP contribution in [-0.4, -0.2) is 15.9 Å². The van der Waals surface area contributed by atoms with Crippen LogP contribution in [0.5, 0.6) is 11.5 Å². The fourth-order valence-electron chi connectivity index (χ4n) is 2.92. The number of aryl methyl sites for hydroxylation is 1. The minimum absolute atomic E-state index is 0.302. The summed E-state index contributed by atoms with van der Waals surface area (Å²) in [5.41, 5.74) is 1.86. The Kier molecular flexibility index (Phi) is 5.91. The first-order valence-electron chi connectivity index (χ1n) is 9.43. The number of anilines is 1. The van der Waals surface area contributed by atoms with Gasteiger partial charge in [-0.25, -0.2) is 14.4 Å². The molecule has 1 aromatic heterocycles. The van der Waals surface area contributed by atoms with E-state index in [0.29, 0.717) is 44.9 Å². The van der Waals surface area contributed by atoms with Crippen LogP contribution < -0.4 is 10.1 Å². The third kappa shape index (κ3) is 4.87. The van der Waals surface area contributed by atoms with E-state index in [-0.39, 0.29) is 5.82 Å².